The molecule has 2 atom stereocenters. The summed E-state index contributed by atoms with van der Waals surface area (Å²) >= 11 is 0. The molecule has 13 heavy (non-hydrogen) atoms. The van der Waals surface area contributed by atoms with Gasteiger partial charge in [-0.2, -0.15) is 0 Å². The van der Waals surface area contributed by atoms with E-state index in [1.54, 1.807) is 0 Å². The molecule has 0 saturated carbocycles. The smallest absolute Gasteiger partial charge is 0.0896 e. The summed E-state index contributed by atoms with van der Waals surface area (Å²) in [6.45, 7) is 14.0. The van der Waals surface area contributed by atoms with E-state index in [2.05, 4.69) is 56.1 Å². The van der Waals surface area contributed by atoms with E-state index >= 15 is 0 Å². The largest absolute Gasteiger partial charge is 0.108 e. The van der Waals surface area contributed by atoms with Crippen LogP contribution in [0, 0.1) is 10.8 Å². The summed E-state index contributed by atoms with van der Waals surface area (Å²) < 4.78 is 0. The highest BCUT2D eigenvalue weighted by atomic mass is 14.3. The molecule has 0 aromatic carbocycles. The van der Waals surface area contributed by atoms with Crippen molar-refractivity contribution in [3.05, 3.63) is 0 Å². The summed E-state index contributed by atoms with van der Waals surface area (Å²) in [5, 5.41) is 0. The lowest BCUT2D eigenvalue weighted by atomic mass is 9.42. The minimum atomic E-state index is 0.417. The molecule has 72 valence electrons. The molecule has 1 aliphatic rings. The van der Waals surface area contributed by atoms with Crippen LogP contribution in [0.15, 0.2) is 0 Å². The highest BCUT2D eigenvalue weighted by Gasteiger charge is 2.38. The Bertz CT molecular complexity index is 154. The van der Waals surface area contributed by atoms with Crippen molar-refractivity contribution in [2.24, 2.45) is 10.8 Å². The Kier molecular flexibility index (Phi) is 2.90. The van der Waals surface area contributed by atoms with Gasteiger partial charge >= 0.3 is 0 Å². The maximum atomic E-state index is 2.56. The Labute approximate surface area is 85.4 Å². The molecule has 1 saturated heterocycles. The molecule has 2 unspecified atom stereocenters. The van der Waals surface area contributed by atoms with Crippen molar-refractivity contribution in [1.29, 1.82) is 0 Å². The van der Waals surface area contributed by atoms with Crippen LogP contribution < -0.4 is 0 Å². The second-order valence-corrected chi connectivity index (χ2v) is 6.53. The van der Waals surface area contributed by atoms with Gasteiger partial charge in [-0.05, 0) is 10.8 Å². The van der Waals surface area contributed by atoms with Gasteiger partial charge in [0.1, 0.15) is 14.6 Å². The minimum absolute atomic E-state index is 0.417. The molecule has 1 fully saturated rings. The molecule has 0 aliphatic carbocycles. The van der Waals surface area contributed by atoms with Crippen molar-refractivity contribution in [2.45, 2.75) is 59.4 Å². The molecule has 2 radical (unpaired) electrons. The third-order valence-corrected chi connectivity index (χ3v) is 3.20. The van der Waals surface area contributed by atoms with Crippen LogP contribution in [0.25, 0.3) is 0 Å². The fourth-order valence-corrected chi connectivity index (χ4v) is 1.99. The van der Waals surface area contributed by atoms with Crippen molar-refractivity contribution in [3.8, 4) is 0 Å². The molecule has 0 N–H and O–H groups in total. The lowest BCUT2D eigenvalue weighted by molar-refractivity contribution is 0.393. The summed E-state index contributed by atoms with van der Waals surface area (Å²) in [6, 6.07) is 0. The first-order valence-corrected chi connectivity index (χ1v) is 5.39. The zero-order valence-corrected chi connectivity index (χ0v) is 10.0. The Hall–Kier alpha value is 0.130. The van der Waals surface area contributed by atoms with Crippen LogP contribution in [0.5, 0.6) is 0 Å². The van der Waals surface area contributed by atoms with E-state index in [9.17, 15) is 0 Å². The predicted molar refractivity (Wildman–Crippen MR) is 62.7 cm³/mol. The number of hydrogen-bond acceptors (Lipinski definition) is 0. The fourth-order valence-electron chi connectivity index (χ4n) is 1.99. The van der Waals surface area contributed by atoms with Gasteiger partial charge in [0.15, 0.2) is 0 Å². The minimum Gasteiger partial charge on any atom is -0.0896 e. The monoisotopic (exact) mass is 176 g/mol. The predicted octanol–water partition coefficient (Wildman–Crippen LogP) is 3.45. The Morgan fingerprint density at radius 3 is 1.69 bits per heavy atom. The van der Waals surface area contributed by atoms with E-state index in [0.717, 1.165) is 5.82 Å². The summed E-state index contributed by atoms with van der Waals surface area (Å²) in [6.07, 6.45) is 1.27. The summed E-state index contributed by atoms with van der Waals surface area (Å²) in [7, 11) is 5.05. The summed E-state index contributed by atoms with van der Waals surface area (Å²) in [5.41, 5.74) is 1.56. The Morgan fingerprint density at radius 2 is 1.46 bits per heavy atom. The summed E-state index contributed by atoms with van der Waals surface area (Å²) in [5.74, 6) is 0.775. The first-order valence-electron chi connectivity index (χ1n) is 5.39. The first kappa shape index (κ1) is 11.2. The standard InChI is InChI=1S/C11H22B2/c1-10(2,3)8-7-12-9(13-8)11(4,5)6/h8-9H,7H2,1-6H3. The number of hydrogen-bond donors (Lipinski definition) is 0. The van der Waals surface area contributed by atoms with Crippen LogP contribution in [0.4, 0.5) is 0 Å². The second-order valence-electron chi connectivity index (χ2n) is 6.53. The quantitative estimate of drug-likeness (QED) is 0.495. The molecule has 1 heterocycles. The zero-order valence-electron chi connectivity index (χ0n) is 10.0. The number of rotatable bonds is 0. The molecule has 0 aromatic rings. The third kappa shape index (κ3) is 2.79. The first-order chi connectivity index (χ1) is 5.71. The molecule has 0 spiro atoms. The molecule has 1 rings (SSSR count). The third-order valence-electron chi connectivity index (χ3n) is 3.20. The molecular formula is C11H22B2. The molecule has 0 amide bonds. The zero-order chi connectivity index (χ0) is 10.3. The topological polar surface area (TPSA) is 0 Å². The van der Waals surface area contributed by atoms with E-state index in [-0.39, 0.29) is 0 Å². The van der Waals surface area contributed by atoms with Gasteiger partial charge in [-0.3, -0.25) is 0 Å². The molecule has 0 nitrogen and oxygen atoms in total. The average Bonchev–Trinajstić information content (AvgIpc) is 2.28. The maximum absolute atomic E-state index is 2.56. The van der Waals surface area contributed by atoms with Crippen LogP contribution in [0.2, 0.25) is 17.9 Å². The fraction of sp³-hybridized carbons (Fsp3) is 1.00. The van der Waals surface area contributed by atoms with Crippen molar-refractivity contribution in [3.63, 3.8) is 0 Å². The van der Waals surface area contributed by atoms with Gasteiger partial charge < -0.3 is 0 Å². The van der Waals surface area contributed by atoms with Crippen LogP contribution >= 0.6 is 0 Å². The highest BCUT2D eigenvalue weighted by Crippen LogP contribution is 2.46. The van der Waals surface area contributed by atoms with Crippen molar-refractivity contribution >= 4 is 14.6 Å². The van der Waals surface area contributed by atoms with Gasteiger partial charge in [0.05, 0.1) is 0 Å². The average molecular weight is 176 g/mol. The lowest BCUT2D eigenvalue weighted by Gasteiger charge is -2.30. The van der Waals surface area contributed by atoms with E-state index in [1.807, 2.05) is 0 Å². The van der Waals surface area contributed by atoms with Crippen molar-refractivity contribution in [2.75, 3.05) is 0 Å². The molecular weight excluding hydrogens is 154 g/mol. The normalized spacial score (nSPS) is 29.7. The van der Waals surface area contributed by atoms with Crippen molar-refractivity contribution in [1.82, 2.24) is 0 Å². The summed E-state index contributed by atoms with van der Waals surface area (Å²) in [4.78, 5) is 0. The van der Waals surface area contributed by atoms with Crippen LogP contribution in [-0.2, 0) is 0 Å². The van der Waals surface area contributed by atoms with E-state index in [4.69, 9.17) is 0 Å². The maximum Gasteiger partial charge on any atom is 0.108 e. The lowest BCUT2D eigenvalue weighted by Crippen LogP contribution is -2.23. The molecule has 2 heteroatoms. The Balaban J connectivity index is 2.55. The van der Waals surface area contributed by atoms with Gasteiger partial charge in [0, 0.05) is 0 Å². The van der Waals surface area contributed by atoms with Gasteiger partial charge in [0.25, 0.3) is 0 Å². The highest BCUT2D eigenvalue weighted by molar-refractivity contribution is 6.66. The van der Waals surface area contributed by atoms with Gasteiger partial charge in [-0.15, -0.1) is 0 Å². The van der Waals surface area contributed by atoms with Crippen molar-refractivity contribution < 1.29 is 0 Å². The van der Waals surface area contributed by atoms with Gasteiger partial charge in [-0.25, -0.2) is 0 Å². The van der Waals surface area contributed by atoms with Gasteiger partial charge in [0.2, 0.25) is 0 Å². The van der Waals surface area contributed by atoms with E-state index in [0.29, 0.717) is 16.5 Å². The van der Waals surface area contributed by atoms with Crippen LogP contribution in [0.3, 0.4) is 0 Å². The Morgan fingerprint density at radius 1 is 0.923 bits per heavy atom. The second kappa shape index (κ2) is 3.37. The molecule has 1 aliphatic heterocycles. The van der Waals surface area contributed by atoms with Crippen LogP contribution in [-0.4, -0.2) is 14.6 Å². The van der Waals surface area contributed by atoms with Gasteiger partial charge in [-0.1, -0.05) is 59.4 Å². The SMILES string of the molecule is CC(C)(C)C1[B]CC(C(C)(C)C)[B]1. The van der Waals surface area contributed by atoms with E-state index < -0.39 is 0 Å². The molecule has 0 bridgehead atoms. The van der Waals surface area contributed by atoms with Crippen LogP contribution in [0.1, 0.15) is 41.5 Å². The van der Waals surface area contributed by atoms with E-state index in [1.165, 1.54) is 6.32 Å². The molecule has 0 aromatic heterocycles.